The van der Waals surface area contributed by atoms with Crippen molar-refractivity contribution in [2.24, 2.45) is 10.4 Å². The lowest BCUT2D eigenvalue weighted by molar-refractivity contribution is -0.118. The highest BCUT2D eigenvalue weighted by atomic mass is 32.2. The molecule has 1 fully saturated rings. The maximum Gasteiger partial charge on any atom is 0.182 e. The monoisotopic (exact) mass is 418 g/mol. The van der Waals surface area contributed by atoms with Crippen LogP contribution in [0.2, 0.25) is 0 Å². The lowest BCUT2D eigenvalue weighted by atomic mass is 9.76. The topological polar surface area (TPSA) is 41.9 Å². The van der Waals surface area contributed by atoms with E-state index < -0.39 is 4.93 Å². The number of carbonyl (C=O) groups excluding carboxylic acids is 1. The standard InChI is InChI=1S/C25H26N2O2S/c1-24(2)14-21(28)20-13-25(29-22(20)15-24)17-27(16-18-9-5-3-6-10-18)23(30-25)26-19-11-7-4-8-12-19/h3-12H,13-17H2,1-2H3. The normalized spacial score (nSPS) is 26.4. The molecule has 3 aliphatic rings. The summed E-state index contributed by atoms with van der Waals surface area (Å²) in [5.41, 5.74) is 3.05. The molecule has 30 heavy (non-hydrogen) atoms. The van der Waals surface area contributed by atoms with E-state index in [0.29, 0.717) is 12.8 Å². The van der Waals surface area contributed by atoms with Gasteiger partial charge in [0, 0.05) is 31.4 Å². The van der Waals surface area contributed by atoms with Crippen molar-refractivity contribution in [1.82, 2.24) is 4.90 Å². The number of ether oxygens (including phenoxy) is 1. The maximum absolute atomic E-state index is 12.8. The first kappa shape index (κ1) is 19.4. The third kappa shape index (κ3) is 3.79. The van der Waals surface area contributed by atoms with E-state index in [1.54, 1.807) is 11.8 Å². The van der Waals surface area contributed by atoms with Crippen molar-refractivity contribution in [1.29, 1.82) is 0 Å². The van der Waals surface area contributed by atoms with Crippen molar-refractivity contribution in [2.75, 3.05) is 6.54 Å². The van der Waals surface area contributed by atoms with Crippen LogP contribution in [0.3, 0.4) is 0 Å². The third-order valence-corrected chi connectivity index (χ3v) is 7.14. The minimum Gasteiger partial charge on any atom is -0.478 e. The highest BCUT2D eigenvalue weighted by Crippen LogP contribution is 2.53. The largest absolute Gasteiger partial charge is 0.478 e. The first-order valence-electron chi connectivity index (χ1n) is 10.5. The predicted molar refractivity (Wildman–Crippen MR) is 121 cm³/mol. The zero-order valence-corrected chi connectivity index (χ0v) is 18.2. The van der Waals surface area contributed by atoms with E-state index in [1.165, 1.54) is 5.56 Å². The van der Waals surface area contributed by atoms with E-state index in [2.05, 4.69) is 43.0 Å². The van der Waals surface area contributed by atoms with Crippen LogP contribution >= 0.6 is 11.8 Å². The van der Waals surface area contributed by atoms with E-state index in [9.17, 15) is 4.79 Å². The summed E-state index contributed by atoms with van der Waals surface area (Å²) >= 11 is 1.67. The Morgan fingerprint density at radius 3 is 2.43 bits per heavy atom. The molecule has 154 valence electrons. The number of Topliss-reactive ketones (excluding diaryl/α,β-unsaturated/α-hetero) is 1. The Balaban J connectivity index is 1.44. The van der Waals surface area contributed by atoms with Gasteiger partial charge in [0.2, 0.25) is 0 Å². The van der Waals surface area contributed by atoms with Gasteiger partial charge >= 0.3 is 0 Å². The molecule has 0 bridgehead atoms. The molecule has 2 aliphatic heterocycles. The number of ketones is 1. The zero-order valence-electron chi connectivity index (χ0n) is 17.4. The van der Waals surface area contributed by atoms with Crippen LogP contribution in [-0.4, -0.2) is 27.3 Å². The quantitative estimate of drug-likeness (QED) is 0.643. The van der Waals surface area contributed by atoms with Crippen molar-refractivity contribution >= 4 is 28.4 Å². The van der Waals surface area contributed by atoms with Gasteiger partial charge in [0.15, 0.2) is 15.9 Å². The average molecular weight is 419 g/mol. The minimum absolute atomic E-state index is 0.0323. The van der Waals surface area contributed by atoms with Crippen LogP contribution in [0, 0.1) is 5.41 Å². The van der Waals surface area contributed by atoms with Crippen LogP contribution in [0.5, 0.6) is 0 Å². The van der Waals surface area contributed by atoms with Crippen molar-refractivity contribution < 1.29 is 9.53 Å². The summed E-state index contributed by atoms with van der Waals surface area (Å²) in [6, 6.07) is 20.5. The minimum atomic E-state index is -0.455. The second-order valence-electron chi connectivity index (χ2n) is 9.21. The number of benzene rings is 2. The van der Waals surface area contributed by atoms with Gasteiger partial charge < -0.3 is 9.64 Å². The maximum atomic E-state index is 12.8. The summed E-state index contributed by atoms with van der Waals surface area (Å²) < 4.78 is 6.56. The van der Waals surface area contributed by atoms with Gasteiger partial charge in [-0.1, -0.05) is 62.4 Å². The molecule has 2 aromatic rings. The molecule has 0 amide bonds. The molecule has 1 atom stereocenters. The molecular weight excluding hydrogens is 392 g/mol. The van der Waals surface area contributed by atoms with Crippen LogP contribution < -0.4 is 0 Å². The molecule has 2 aromatic carbocycles. The summed E-state index contributed by atoms with van der Waals surface area (Å²) in [6.45, 7) is 5.79. The number of amidine groups is 1. The fourth-order valence-electron chi connectivity index (χ4n) is 4.53. The molecule has 2 heterocycles. The molecule has 4 nitrogen and oxygen atoms in total. The number of aliphatic imine (C=N–C) groups is 1. The van der Waals surface area contributed by atoms with E-state index in [4.69, 9.17) is 9.73 Å². The first-order chi connectivity index (χ1) is 14.4. The number of carbonyl (C=O) groups is 1. The third-order valence-electron chi connectivity index (χ3n) is 5.88. The number of allylic oxidation sites excluding steroid dienone is 1. The van der Waals surface area contributed by atoms with Crippen molar-refractivity contribution in [2.45, 2.75) is 44.6 Å². The second-order valence-corrected chi connectivity index (χ2v) is 10.5. The second kappa shape index (κ2) is 7.31. The van der Waals surface area contributed by atoms with Crippen LogP contribution in [0.25, 0.3) is 0 Å². The molecule has 0 aromatic heterocycles. The Morgan fingerprint density at radius 1 is 1.00 bits per heavy atom. The zero-order chi connectivity index (χ0) is 20.8. The Morgan fingerprint density at radius 2 is 1.70 bits per heavy atom. The molecule has 0 radical (unpaired) electrons. The van der Waals surface area contributed by atoms with E-state index in [0.717, 1.165) is 41.7 Å². The molecule has 1 spiro atoms. The van der Waals surface area contributed by atoms with Gasteiger partial charge in [-0.25, -0.2) is 4.99 Å². The van der Waals surface area contributed by atoms with Gasteiger partial charge in [-0.2, -0.15) is 0 Å². The van der Waals surface area contributed by atoms with E-state index in [-0.39, 0.29) is 11.2 Å². The number of thioether (sulfide) groups is 1. The number of para-hydroxylation sites is 1. The van der Waals surface area contributed by atoms with Gasteiger partial charge in [-0.15, -0.1) is 0 Å². The number of nitrogens with zero attached hydrogens (tertiary/aromatic N) is 2. The summed E-state index contributed by atoms with van der Waals surface area (Å²) in [5, 5.41) is 0.955. The Labute approximate surface area is 182 Å². The van der Waals surface area contributed by atoms with Crippen LogP contribution in [0.4, 0.5) is 5.69 Å². The van der Waals surface area contributed by atoms with Crippen molar-refractivity contribution in [3.8, 4) is 0 Å². The van der Waals surface area contributed by atoms with Gasteiger partial charge in [-0.05, 0) is 34.9 Å². The lowest BCUT2D eigenvalue weighted by Crippen LogP contribution is -2.32. The smallest absolute Gasteiger partial charge is 0.182 e. The Hall–Kier alpha value is -2.53. The summed E-state index contributed by atoms with van der Waals surface area (Å²) in [5.74, 6) is 1.16. The van der Waals surface area contributed by atoms with Crippen LogP contribution in [0.15, 0.2) is 77.0 Å². The van der Waals surface area contributed by atoms with Crippen LogP contribution in [0.1, 0.15) is 38.7 Å². The van der Waals surface area contributed by atoms with Gasteiger partial charge in [0.1, 0.15) is 5.76 Å². The Kier molecular flexibility index (Phi) is 4.73. The van der Waals surface area contributed by atoms with Gasteiger partial charge in [-0.3, -0.25) is 4.79 Å². The summed E-state index contributed by atoms with van der Waals surface area (Å²) in [4.78, 5) is 19.6. The van der Waals surface area contributed by atoms with Gasteiger partial charge in [0.05, 0.1) is 12.2 Å². The molecular formula is C25H26N2O2S. The molecule has 0 saturated carbocycles. The molecule has 1 saturated heterocycles. The highest BCUT2D eigenvalue weighted by molar-refractivity contribution is 8.15. The van der Waals surface area contributed by atoms with Gasteiger partial charge in [0.25, 0.3) is 0 Å². The van der Waals surface area contributed by atoms with Crippen molar-refractivity contribution in [3.63, 3.8) is 0 Å². The fourth-order valence-corrected chi connectivity index (χ4v) is 5.85. The van der Waals surface area contributed by atoms with E-state index >= 15 is 0 Å². The predicted octanol–water partition coefficient (Wildman–Crippen LogP) is 5.68. The van der Waals surface area contributed by atoms with E-state index in [1.807, 2.05) is 36.4 Å². The number of hydrogen-bond donors (Lipinski definition) is 0. The highest BCUT2D eigenvalue weighted by Gasteiger charge is 2.53. The molecule has 5 rings (SSSR count). The fraction of sp³-hybridized carbons (Fsp3) is 0.360. The first-order valence-corrected chi connectivity index (χ1v) is 11.3. The SMILES string of the molecule is CC1(C)CC(=O)C2=C(C1)OC1(C2)CN(Cc2ccccc2)C(=Nc2ccccc2)S1. The molecule has 1 unspecified atom stereocenters. The number of hydrogen-bond acceptors (Lipinski definition) is 4. The lowest BCUT2D eigenvalue weighted by Gasteiger charge is -2.29. The molecule has 5 heteroatoms. The average Bonchev–Trinajstić information content (AvgIpc) is 3.21. The number of rotatable bonds is 3. The summed E-state index contributed by atoms with van der Waals surface area (Å²) in [6.07, 6.45) is 2.11. The summed E-state index contributed by atoms with van der Waals surface area (Å²) in [7, 11) is 0. The van der Waals surface area contributed by atoms with Crippen LogP contribution in [-0.2, 0) is 16.1 Å². The molecule has 1 aliphatic carbocycles. The molecule has 0 N–H and O–H groups in total. The Bertz CT molecular complexity index is 1030. The van der Waals surface area contributed by atoms with Crippen molar-refractivity contribution in [3.05, 3.63) is 77.6 Å².